The van der Waals surface area contributed by atoms with Crippen molar-refractivity contribution >= 4 is 35.2 Å². The van der Waals surface area contributed by atoms with Gasteiger partial charge in [-0.05, 0) is 49.1 Å². The number of aromatic nitrogens is 2. The van der Waals surface area contributed by atoms with Gasteiger partial charge in [-0.3, -0.25) is 37.5 Å². The largest absolute Gasteiger partial charge is 0.490 e. The molecule has 0 saturated heterocycles. The number of aryl methyl sites for hydroxylation is 1. The molecule has 2 heterocycles. The third-order valence-electron chi connectivity index (χ3n) is 11.5. The summed E-state index contributed by atoms with van der Waals surface area (Å²) in [4.78, 5) is 72.4. The number of hydrogen-bond acceptors (Lipinski definition) is 14. The predicted molar refractivity (Wildman–Crippen MR) is 265 cm³/mol. The Labute approximate surface area is 411 Å². The van der Waals surface area contributed by atoms with Gasteiger partial charge in [0.15, 0.2) is 12.0 Å². The van der Waals surface area contributed by atoms with Gasteiger partial charge in [-0.1, -0.05) is 165 Å². The first-order chi connectivity index (χ1) is 33.5. The molecule has 4 rings (SSSR count). The van der Waals surface area contributed by atoms with Crippen molar-refractivity contribution in [2.45, 2.75) is 181 Å². The highest BCUT2D eigenvalue weighted by Crippen LogP contribution is 2.69. The van der Waals surface area contributed by atoms with Gasteiger partial charge in [0, 0.05) is 30.2 Å². The van der Waals surface area contributed by atoms with Crippen molar-refractivity contribution in [3.05, 3.63) is 110 Å². The topological polar surface area (TPSA) is 245 Å². The van der Waals surface area contributed by atoms with Crippen LogP contribution in [0.3, 0.4) is 0 Å². The van der Waals surface area contributed by atoms with E-state index in [9.17, 15) is 42.7 Å². The van der Waals surface area contributed by atoms with E-state index < -0.39 is 72.8 Å². The average molecular weight is 1040 g/mol. The van der Waals surface area contributed by atoms with Crippen LogP contribution in [-0.4, -0.2) is 43.8 Å². The number of nitrogens with one attached hydrogen (secondary N) is 1. The maximum Gasteiger partial charge on any atom is 0.490 e. The zero-order chi connectivity index (χ0) is 50.8. The van der Waals surface area contributed by atoms with Gasteiger partial charge in [0.05, 0.1) is 19.8 Å². The smallest absolute Gasteiger partial charge is 0.427 e. The van der Waals surface area contributed by atoms with Crippen LogP contribution in [0.15, 0.2) is 76.5 Å². The van der Waals surface area contributed by atoms with Crippen molar-refractivity contribution in [3.8, 4) is 5.75 Å². The van der Waals surface area contributed by atoms with Crippen molar-refractivity contribution in [3.63, 3.8) is 0 Å². The Morgan fingerprint density at radius 2 is 1.14 bits per heavy atom. The van der Waals surface area contributed by atoms with Crippen molar-refractivity contribution in [2.75, 3.05) is 6.61 Å². The fraction of sp³-hybridized carbons (Fsp3) is 0.592. The maximum absolute atomic E-state index is 14.0. The highest BCUT2D eigenvalue weighted by Gasteiger charge is 2.44. The molecule has 5 atom stereocenters. The van der Waals surface area contributed by atoms with Crippen LogP contribution in [0.25, 0.3) is 0 Å². The molecule has 0 radical (unpaired) electrons. The zero-order valence-corrected chi connectivity index (χ0v) is 43.6. The third-order valence-corrected chi connectivity index (χ3v) is 16.1. The second-order valence-electron chi connectivity index (χ2n) is 17.6. The monoisotopic (exact) mass is 1040 g/mol. The summed E-state index contributed by atoms with van der Waals surface area (Å²) < 4.78 is 77.3. The number of carbonyl (C=O) groups excluding carboxylic acids is 2. The van der Waals surface area contributed by atoms with Gasteiger partial charge in [0.1, 0.15) is 11.9 Å². The molecule has 3 aromatic rings. The lowest BCUT2D eigenvalue weighted by atomic mass is 10.0. The van der Waals surface area contributed by atoms with Gasteiger partial charge >= 0.3 is 35.1 Å². The molecule has 70 heavy (non-hydrogen) atoms. The molecule has 0 saturated carbocycles. The molecule has 390 valence electrons. The first-order valence-electron chi connectivity index (χ1n) is 24.7. The predicted octanol–water partition coefficient (Wildman–Crippen LogP) is 12.4. The molecule has 18 nitrogen and oxygen atoms in total. The summed E-state index contributed by atoms with van der Waals surface area (Å²) in [6.45, 7) is 4.02. The van der Waals surface area contributed by atoms with Gasteiger partial charge in [0.25, 0.3) is 5.56 Å². The molecule has 1 aliphatic heterocycles. The molecule has 1 aromatic heterocycles. The molecule has 1 aliphatic rings. The number of aromatic amines is 1. The van der Waals surface area contributed by atoms with E-state index >= 15 is 0 Å². The summed E-state index contributed by atoms with van der Waals surface area (Å²) in [6, 6.07) is 12.2. The molecular formula is C49H73N2O16P3. The van der Waals surface area contributed by atoms with E-state index in [0.717, 1.165) is 49.5 Å². The first-order valence-corrected chi connectivity index (χ1v) is 29.1. The molecule has 5 unspecified atom stereocenters. The minimum Gasteiger partial charge on any atom is -0.427 e. The number of H-pyrrole nitrogens is 1. The first kappa shape index (κ1) is 58.9. The van der Waals surface area contributed by atoms with E-state index in [4.69, 9.17) is 27.4 Å². The van der Waals surface area contributed by atoms with E-state index in [2.05, 4.69) is 23.1 Å². The van der Waals surface area contributed by atoms with Gasteiger partial charge in [-0.2, -0.15) is 8.62 Å². The maximum atomic E-state index is 14.0. The fourth-order valence-corrected chi connectivity index (χ4v) is 11.5. The number of phosphoric acid groups is 3. The number of hydrogen-bond donors (Lipinski definition) is 3. The number of rotatable bonds is 37. The lowest BCUT2D eigenvalue weighted by Crippen LogP contribution is -2.33. The molecule has 0 amide bonds. The Bertz CT molecular complexity index is 2350. The molecule has 21 heteroatoms. The number of phosphoric ester groups is 2. The van der Waals surface area contributed by atoms with Crippen LogP contribution in [-0.2, 0) is 58.6 Å². The van der Waals surface area contributed by atoms with Gasteiger partial charge in [-0.15, -0.1) is 0 Å². The van der Waals surface area contributed by atoms with Crippen LogP contribution in [0.4, 0.5) is 0 Å². The number of nitrogens with zero attached hydrogens (tertiary/aromatic N) is 1. The van der Waals surface area contributed by atoms with Crippen molar-refractivity contribution < 1.29 is 64.7 Å². The number of carbonyl (C=O) groups is 2. The second-order valence-corrected chi connectivity index (χ2v) is 22.4. The Kier molecular flexibility index (Phi) is 26.2. The van der Waals surface area contributed by atoms with Gasteiger partial charge < -0.3 is 19.3 Å². The number of ketones is 1. The Balaban J connectivity index is 1.29. The van der Waals surface area contributed by atoms with Gasteiger partial charge in [0.2, 0.25) is 0 Å². The molecule has 0 spiro atoms. The van der Waals surface area contributed by atoms with Crippen LogP contribution >= 0.6 is 23.5 Å². The lowest BCUT2D eigenvalue weighted by molar-refractivity contribution is -0.134. The normalized spacial score (nSPS) is 17.2. The van der Waals surface area contributed by atoms with E-state index in [1.807, 2.05) is 0 Å². The summed E-state index contributed by atoms with van der Waals surface area (Å²) >= 11 is 0. The number of benzene rings is 2. The molecule has 0 fully saturated rings. The summed E-state index contributed by atoms with van der Waals surface area (Å²) in [7, 11) is -16.4. The van der Waals surface area contributed by atoms with Gasteiger partial charge in [-0.25, -0.2) is 18.5 Å². The minimum atomic E-state index is -5.80. The Morgan fingerprint density at radius 3 is 1.70 bits per heavy atom. The third kappa shape index (κ3) is 22.8. The quantitative estimate of drug-likeness (QED) is 0.0121. The van der Waals surface area contributed by atoms with Crippen LogP contribution in [0, 0.1) is 6.92 Å². The van der Waals surface area contributed by atoms with Crippen molar-refractivity contribution in [2.24, 2.45) is 0 Å². The Hall–Kier alpha value is -3.63. The SMILES string of the molecule is CCCCCCCCCCCCCCCCCC(=O)c1ccc(COP(=O)(OCc2ccc(OC(=O)CCCCCC)cc2)OP(=O)(O)OP(=O)(O)OCC2C=CC(n3cc(C)c(=O)[nH]c3=O)O2)cc1. The molecule has 0 aliphatic carbocycles. The van der Waals surface area contributed by atoms with Crippen LogP contribution in [0.1, 0.15) is 182 Å². The molecular weight excluding hydrogens is 965 g/mol. The van der Waals surface area contributed by atoms with E-state index in [0.29, 0.717) is 29.5 Å². The summed E-state index contributed by atoms with van der Waals surface area (Å²) in [5.74, 6) is -0.184. The van der Waals surface area contributed by atoms with Crippen LogP contribution < -0.4 is 16.0 Å². The number of Topliss-reactive ketones (excluding diaryl/α,β-unsaturated/α-hetero) is 1. The van der Waals surface area contributed by atoms with E-state index in [-0.39, 0.29) is 23.5 Å². The molecule has 2 aromatic carbocycles. The van der Waals surface area contributed by atoms with E-state index in [1.54, 1.807) is 24.3 Å². The summed E-state index contributed by atoms with van der Waals surface area (Å²) in [5.41, 5.74) is 0.0678. The summed E-state index contributed by atoms with van der Waals surface area (Å²) in [5, 5.41) is 0. The average Bonchev–Trinajstić information content (AvgIpc) is 3.80. The minimum absolute atomic E-state index is 0.0315. The highest BCUT2D eigenvalue weighted by atomic mass is 31.3. The van der Waals surface area contributed by atoms with Crippen LogP contribution in [0.5, 0.6) is 5.75 Å². The number of unbranched alkanes of at least 4 members (excludes halogenated alkanes) is 17. The highest BCUT2D eigenvalue weighted by molar-refractivity contribution is 7.67. The number of ether oxygens (including phenoxy) is 2. The van der Waals surface area contributed by atoms with Crippen molar-refractivity contribution in [1.82, 2.24) is 9.55 Å². The molecule has 0 bridgehead atoms. The Morgan fingerprint density at radius 1 is 0.643 bits per heavy atom. The van der Waals surface area contributed by atoms with Crippen molar-refractivity contribution in [1.29, 1.82) is 0 Å². The standard InChI is InChI=1S/C49H73N2O16P3/c1-4-6-8-10-11-12-13-14-15-16-17-18-19-20-21-23-45(52)42-29-25-40(26-30-42)36-62-70(60,63-37-41-27-31-43(32-28-41)65-47(53)24-22-9-7-5-2)67-69(58,59)66-68(56,57)61-38-44-33-34-46(64-44)51-35-39(3)48(54)50-49(51)55/h25-35,44,46H,4-24,36-38H2,1-3H3,(H,56,57)(H,58,59)(H,50,54,55). The second kappa shape index (κ2) is 31.1. The number of esters is 1. The lowest BCUT2D eigenvalue weighted by Gasteiger charge is -2.22. The zero-order valence-electron chi connectivity index (χ0n) is 40.9. The fourth-order valence-electron chi connectivity index (χ4n) is 7.49. The summed E-state index contributed by atoms with van der Waals surface area (Å²) in [6.07, 6.45) is 24.7. The van der Waals surface area contributed by atoms with E-state index in [1.165, 1.54) is 120 Å². The molecule has 3 N–H and O–H groups in total. The van der Waals surface area contributed by atoms with Crippen LogP contribution in [0.2, 0.25) is 0 Å².